The summed E-state index contributed by atoms with van der Waals surface area (Å²) in [6.07, 6.45) is 0. The molecule has 3 heteroatoms. The summed E-state index contributed by atoms with van der Waals surface area (Å²) >= 11 is 0. The van der Waals surface area contributed by atoms with E-state index in [1.54, 1.807) is 0 Å². The van der Waals surface area contributed by atoms with Crippen molar-refractivity contribution in [2.75, 3.05) is 0 Å². The Morgan fingerprint density at radius 3 is 1.20 bits per heavy atom. The highest BCUT2D eigenvalue weighted by molar-refractivity contribution is 5.90. The summed E-state index contributed by atoms with van der Waals surface area (Å²) in [5, 5.41) is 0. The SMILES string of the molecule is c1ccc(-c2cc(-c3ccc4c(c3)-c3ccccc3C4(c3ccccc3)c3ccccc3)cc(-c3nc(-c4ccccc4)nc(-c4ccccc4)n3)c2)cc1. The van der Waals surface area contributed by atoms with Gasteiger partial charge in [0.2, 0.25) is 0 Å². The van der Waals surface area contributed by atoms with E-state index in [1.807, 2.05) is 60.7 Å². The van der Waals surface area contributed by atoms with E-state index < -0.39 is 5.41 Å². The molecule has 9 aromatic rings. The second-order valence-electron chi connectivity index (χ2n) is 14.0. The Labute approximate surface area is 321 Å². The molecule has 258 valence electrons. The van der Waals surface area contributed by atoms with Crippen LogP contribution in [0.25, 0.3) is 67.5 Å². The third-order valence-electron chi connectivity index (χ3n) is 10.8. The van der Waals surface area contributed by atoms with Crippen LogP contribution in [0.15, 0.2) is 212 Å². The standard InChI is InChI=1S/C52H35N3/c1-6-18-36(19-7-1)40-32-41(34-42(33-40)51-54-49(37-20-8-2-9-21-37)53-50(55-51)38-22-10-3-11-23-38)39-30-31-48-46(35-39)45-28-16-17-29-47(45)52(48,43-24-12-4-13-25-43)44-26-14-5-15-27-44/h1-35H. The molecule has 0 fully saturated rings. The van der Waals surface area contributed by atoms with Crippen molar-refractivity contribution in [3.8, 4) is 67.5 Å². The fourth-order valence-corrected chi connectivity index (χ4v) is 8.29. The molecule has 0 amide bonds. The highest BCUT2D eigenvalue weighted by atomic mass is 15.0. The van der Waals surface area contributed by atoms with Crippen molar-refractivity contribution in [3.05, 3.63) is 235 Å². The minimum Gasteiger partial charge on any atom is -0.208 e. The minimum atomic E-state index is -0.448. The Hall–Kier alpha value is -7.23. The Balaban J connectivity index is 1.19. The lowest BCUT2D eigenvalue weighted by Gasteiger charge is -2.33. The van der Waals surface area contributed by atoms with Crippen LogP contribution in [-0.4, -0.2) is 15.0 Å². The predicted molar refractivity (Wildman–Crippen MR) is 224 cm³/mol. The lowest BCUT2D eigenvalue weighted by molar-refractivity contribution is 0.768. The van der Waals surface area contributed by atoms with Crippen molar-refractivity contribution in [1.29, 1.82) is 0 Å². The van der Waals surface area contributed by atoms with Crippen LogP contribution in [0.2, 0.25) is 0 Å². The van der Waals surface area contributed by atoms with Crippen LogP contribution in [-0.2, 0) is 5.41 Å². The van der Waals surface area contributed by atoms with Crippen molar-refractivity contribution in [2.24, 2.45) is 0 Å². The summed E-state index contributed by atoms with van der Waals surface area (Å²) in [7, 11) is 0. The molecule has 3 nitrogen and oxygen atoms in total. The van der Waals surface area contributed by atoms with Gasteiger partial charge in [-0.1, -0.05) is 188 Å². The fourth-order valence-electron chi connectivity index (χ4n) is 8.29. The summed E-state index contributed by atoms with van der Waals surface area (Å²) in [6.45, 7) is 0. The van der Waals surface area contributed by atoms with Crippen LogP contribution in [0.4, 0.5) is 0 Å². The van der Waals surface area contributed by atoms with E-state index in [0.717, 1.165) is 38.9 Å². The average molecular weight is 702 g/mol. The van der Waals surface area contributed by atoms with Crippen LogP contribution < -0.4 is 0 Å². The van der Waals surface area contributed by atoms with Crippen molar-refractivity contribution in [2.45, 2.75) is 5.41 Å². The smallest absolute Gasteiger partial charge is 0.164 e. The van der Waals surface area contributed by atoms with Gasteiger partial charge in [0, 0.05) is 16.7 Å². The molecule has 0 N–H and O–H groups in total. The molecule has 1 aliphatic rings. The van der Waals surface area contributed by atoms with Gasteiger partial charge < -0.3 is 0 Å². The molecule has 1 aromatic heterocycles. The van der Waals surface area contributed by atoms with Gasteiger partial charge in [-0.05, 0) is 79.9 Å². The van der Waals surface area contributed by atoms with Crippen molar-refractivity contribution in [3.63, 3.8) is 0 Å². The van der Waals surface area contributed by atoms with E-state index >= 15 is 0 Å². The maximum Gasteiger partial charge on any atom is 0.164 e. The number of aromatic nitrogens is 3. The number of hydrogen-bond acceptors (Lipinski definition) is 3. The first-order valence-electron chi connectivity index (χ1n) is 18.7. The van der Waals surface area contributed by atoms with E-state index in [9.17, 15) is 0 Å². The first-order chi connectivity index (χ1) is 27.3. The molecule has 0 spiro atoms. The summed E-state index contributed by atoms with van der Waals surface area (Å²) in [6, 6.07) is 75.4. The first-order valence-corrected chi connectivity index (χ1v) is 18.7. The van der Waals surface area contributed by atoms with Gasteiger partial charge in [-0.15, -0.1) is 0 Å². The van der Waals surface area contributed by atoms with Gasteiger partial charge in [0.25, 0.3) is 0 Å². The molecule has 0 radical (unpaired) electrons. The lowest BCUT2D eigenvalue weighted by Crippen LogP contribution is -2.28. The monoisotopic (exact) mass is 701 g/mol. The quantitative estimate of drug-likeness (QED) is 0.166. The van der Waals surface area contributed by atoms with Crippen LogP contribution in [0, 0.1) is 0 Å². The Bertz CT molecular complexity index is 2690. The second kappa shape index (κ2) is 13.6. The van der Waals surface area contributed by atoms with E-state index in [1.165, 1.54) is 33.4 Å². The Morgan fingerprint density at radius 2 is 0.655 bits per heavy atom. The second-order valence-corrected chi connectivity index (χ2v) is 14.0. The molecular formula is C52H35N3. The van der Waals surface area contributed by atoms with Gasteiger partial charge in [0.05, 0.1) is 5.41 Å². The summed E-state index contributed by atoms with van der Waals surface area (Å²) in [5.41, 5.74) is 14.4. The lowest BCUT2D eigenvalue weighted by atomic mass is 9.67. The van der Waals surface area contributed by atoms with Gasteiger partial charge >= 0.3 is 0 Å². The molecule has 10 rings (SSSR count). The van der Waals surface area contributed by atoms with Crippen LogP contribution >= 0.6 is 0 Å². The maximum atomic E-state index is 5.12. The van der Waals surface area contributed by atoms with Gasteiger partial charge in [-0.3, -0.25) is 0 Å². The van der Waals surface area contributed by atoms with Gasteiger partial charge in [-0.2, -0.15) is 0 Å². The molecule has 0 bridgehead atoms. The Kier molecular flexibility index (Phi) is 8.04. The van der Waals surface area contributed by atoms with Gasteiger partial charge in [0.15, 0.2) is 17.5 Å². The first kappa shape index (κ1) is 32.4. The zero-order valence-corrected chi connectivity index (χ0v) is 30.0. The van der Waals surface area contributed by atoms with E-state index in [4.69, 9.17) is 15.0 Å². The molecule has 1 heterocycles. The maximum absolute atomic E-state index is 5.12. The zero-order valence-electron chi connectivity index (χ0n) is 30.0. The molecule has 55 heavy (non-hydrogen) atoms. The number of rotatable bonds is 7. The summed E-state index contributed by atoms with van der Waals surface area (Å²) < 4.78 is 0. The molecular weight excluding hydrogens is 667 g/mol. The molecule has 8 aromatic carbocycles. The Morgan fingerprint density at radius 1 is 0.255 bits per heavy atom. The van der Waals surface area contributed by atoms with E-state index in [0.29, 0.717) is 17.5 Å². The van der Waals surface area contributed by atoms with Crippen LogP contribution in [0.5, 0.6) is 0 Å². The van der Waals surface area contributed by atoms with Crippen molar-refractivity contribution in [1.82, 2.24) is 15.0 Å². The van der Waals surface area contributed by atoms with Crippen molar-refractivity contribution >= 4 is 0 Å². The van der Waals surface area contributed by atoms with Crippen LogP contribution in [0.3, 0.4) is 0 Å². The highest BCUT2D eigenvalue weighted by Crippen LogP contribution is 2.56. The summed E-state index contributed by atoms with van der Waals surface area (Å²) in [5.74, 6) is 1.91. The van der Waals surface area contributed by atoms with E-state index in [2.05, 4.69) is 152 Å². The number of fused-ring (bicyclic) bond motifs is 3. The summed E-state index contributed by atoms with van der Waals surface area (Å²) in [4.78, 5) is 15.2. The topological polar surface area (TPSA) is 38.7 Å². The third kappa shape index (κ3) is 5.65. The molecule has 0 aliphatic heterocycles. The third-order valence-corrected chi connectivity index (χ3v) is 10.8. The normalized spacial score (nSPS) is 12.5. The van der Waals surface area contributed by atoms with E-state index in [-0.39, 0.29) is 0 Å². The molecule has 0 saturated heterocycles. The predicted octanol–water partition coefficient (Wildman–Crippen LogP) is 12.6. The van der Waals surface area contributed by atoms with Crippen LogP contribution in [0.1, 0.15) is 22.3 Å². The fraction of sp³-hybridized carbons (Fsp3) is 0.0192. The molecule has 0 atom stereocenters. The average Bonchev–Trinajstić information content (AvgIpc) is 3.58. The largest absolute Gasteiger partial charge is 0.208 e. The number of nitrogens with zero attached hydrogens (tertiary/aromatic N) is 3. The minimum absolute atomic E-state index is 0.448. The van der Waals surface area contributed by atoms with Gasteiger partial charge in [-0.25, -0.2) is 15.0 Å². The highest BCUT2D eigenvalue weighted by Gasteiger charge is 2.45. The van der Waals surface area contributed by atoms with Crippen molar-refractivity contribution < 1.29 is 0 Å². The van der Waals surface area contributed by atoms with Gasteiger partial charge in [0.1, 0.15) is 0 Å². The molecule has 1 aliphatic carbocycles. The number of benzene rings is 8. The molecule has 0 saturated carbocycles. The number of hydrogen-bond donors (Lipinski definition) is 0. The molecule has 0 unspecified atom stereocenters. The zero-order chi connectivity index (χ0) is 36.6.